The Kier molecular flexibility index (Phi) is 12.1. The van der Waals surface area contributed by atoms with Crippen LogP contribution in [0.25, 0.3) is 0 Å². The Bertz CT molecular complexity index is 388. The number of hydrogen-bond acceptors (Lipinski definition) is 9. The molecule has 0 amide bonds. The van der Waals surface area contributed by atoms with Gasteiger partial charge in [0, 0.05) is 0 Å². The summed E-state index contributed by atoms with van der Waals surface area (Å²) in [5, 5.41) is 39.1. The molecule has 0 bridgehead atoms. The van der Waals surface area contributed by atoms with E-state index in [1.807, 2.05) is 0 Å². The number of aliphatic hydroxyl groups excluding tert-OH is 3. The molecule has 0 aliphatic carbocycles. The molecule has 0 aromatic heterocycles. The molecule has 1 heterocycles. The van der Waals surface area contributed by atoms with Crippen molar-refractivity contribution in [3.63, 3.8) is 0 Å². The van der Waals surface area contributed by atoms with Gasteiger partial charge in [0.2, 0.25) is 0 Å². The van der Waals surface area contributed by atoms with Crippen LogP contribution in [0.5, 0.6) is 0 Å². The molecule has 6 atom stereocenters. The first-order chi connectivity index (χ1) is 8.65. The fourth-order valence-corrected chi connectivity index (χ4v) is 2.07. The predicted octanol–water partition coefficient (Wildman–Crippen LogP) is -9.94. The largest absolute Gasteiger partial charge is 1.00 e. The Morgan fingerprint density at radius 1 is 1.38 bits per heavy atom. The summed E-state index contributed by atoms with van der Waals surface area (Å²) in [6, 6.07) is -1.55. The van der Waals surface area contributed by atoms with E-state index in [4.69, 9.17) is 14.7 Å². The number of aliphatic hydroxyl groups is 3. The van der Waals surface area contributed by atoms with Crippen LogP contribution in [-0.2, 0) is 13.8 Å². The van der Waals surface area contributed by atoms with Crippen LogP contribution in [0.15, 0.2) is 4.99 Å². The van der Waals surface area contributed by atoms with E-state index in [-0.39, 0.29) is 59.1 Å². The van der Waals surface area contributed by atoms with Gasteiger partial charge in [0.05, 0.1) is 6.61 Å². The number of hydrogen-bond donors (Lipinski definition) is 4. The summed E-state index contributed by atoms with van der Waals surface area (Å²) in [7, 11) is -5.22. The third-order valence-electron chi connectivity index (χ3n) is 2.42. The van der Waals surface area contributed by atoms with Crippen molar-refractivity contribution in [3.8, 4) is 0 Å². The van der Waals surface area contributed by atoms with Crippen LogP contribution in [0, 0.1) is 0 Å². The fourth-order valence-electron chi connectivity index (χ4n) is 1.63. The van der Waals surface area contributed by atoms with Gasteiger partial charge < -0.3 is 34.9 Å². The summed E-state index contributed by atoms with van der Waals surface area (Å²) in [6.07, 6.45) is -6.47. The average Bonchev–Trinajstić information content (AvgIpc) is 2.26. The van der Waals surface area contributed by atoms with E-state index < -0.39 is 51.0 Å². The van der Waals surface area contributed by atoms with Crippen LogP contribution < -0.4 is 69.1 Å². The van der Waals surface area contributed by atoms with Crippen LogP contribution in [0.2, 0.25) is 0 Å². The first-order valence-corrected chi connectivity index (χ1v) is 6.71. The Labute approximate surface area is 165 Å². The van der Waals surface area contributed by atoms with Gasteiger partial charge in [0.1, 0.15) is 24.4 Å². The summed E-state index contributed by atoms with van der Waals surface area (Å²) in [4.78, 5) is 22.6. The Hall–Kier alpha value is 1.42. The second-order valence-electron chi connectivity index (χ2n) is 3.92. The van der Waals surface area contributed by atoms with Gasteiger partial charge >= 0.3 is 59.1 Å². The average molecular weight is 345 g/mol. The third kappa shape index (κ3) is 7.69. The fraction of sp³-hybridized carbons (Fsp3) is 0.875. The van der Waals surface area contributed by atoms with E-state index in [2.05, 4.69) is 9.52 Å². The van der Waals surface area contributed by atoms with Gasteiger partial charge in [-0.05, 0) is 12.8 Å². The first-order valence-electron chi connectivity index (χ1n) is 5.21. The number of ether oxygens (including phenoxy) is 1. The monoisotopic (exact) mass is 345 g/mol. The van der Waals surface area contributed by atoms with Gasteiger partial charge in [-0.25, -0.2) is 0 Å². The van der Waals surface area contributed by atoms with E-state index >= 15 is 0 Å². The zero-order valence-electron chi connectivity index (χ0n) is 11.8. The van der Waals surface area contributed by atoms with Crippen LogP contribution in [0.1, 0.15) is 6.92 Å². The van der Waals surface area contributed by atoms with Crippen molar-refractivity contribution >= 4 is 13.7 Å². The molecule has 1 fully saturated rings. The van der Waals surface area contributed by atoms with Gasteiger partial charge in [0.25, 0.3) is 7.82 Å². The van der Waals surface area contributed by atoms with Crippen molar-refractivity contribution in [1.82, 2.24) is 0 Å². The molecule has 4 N–H and O–H groups in total. The Morgan fingerprint density at radius 3 is 2.29 bits per heavy atom. The van der Waals surface area contributed by atoms with Gasteiger partial charge in [0.15, 0.2) is 6.29 Å². The molecule has 0 radical (unpaired) electrons. The second kappa shape index (κ2) is 10.3. The van der Waals surface area contributed by atoms with E-state index in [9.17, 15) is 24.8 Å². The number of aliphatic imine (C=N–C) groups is 1. The quantitative estimate of drug-likeness (QED) is 0.167. The Balaban J connectivity index is 0. The number of nitrogens with zero attached hydrogens (tertiary/aromatic N) is 1. The molecular formula is C8H14NNa2O9P. The summed E-state index contributed by atoms with van der Waals surface area (Å²) in [5.41, 5.74) is 0. The molecule has 1 rings (SSSR count). The van der Waals surface area contributed by atoms with Gasteiger partial charge in [-0.3, -0.25) is 14.1 Å². The van der Waals surface area contributed by atoms with Crippen molar-refractivity contribution in [2.45, 2.75) is 37.6 Å². The van der Waals surface area contributed by atoms with Crippen molar-refractivity contribution < 1.29 is 103 Å². The topological polar surface area (TPSA) is 175 Å². The van der Waals surface area contributed by atoms with Gasteiger partial charge in [-0.2, -0.15) is 0 Å². The van der Waals surface area contributed by atoms with Gasteiger partial charge in [-0.15, -0.1) is 0 Å². The summed E-state index contributed by atoms with van der Waals surface area (Å²) in [6.45, 7) is 0.295. The molecule has 0 aromatic carbocycles. The maximum atomic E-state index is 10.9. The first kappa shape index (κ1) is 24.7. The van der Waals surface area contributed by atoms with Crippen LogP contribution in [0.3, 0.4) is 0 Å². The van der Waals surface area contributed by atoms with Crippen LogP contribution in [0.4, 0.5) is 0 Å². The molecule has 0 saturated carbocycles. The summed E-state index contributed by atoms with van der Waals surface area (Å²) >= 11 is 0. The molecule has 1 aliphatic heterocycles. The van der Waals surface area contributed by atoms with Crippen molar-refractivity contribution in [1.29, 1.82) is 0 Å². The van der Waals surface area contributed by atoms with Gasteiger partial charge in [-0.1, -0.05) is 0 Å². The molecule has 1 saturated heterocycles. The predicted molar refractivity (Wildman–Crippen MR) is 55.6 cm³/mol. The summed E-state index contributed by atoms with van der Waals surface area (Å²) in [5.74, 6) is -0.769. The van der Waals surface area contributed by atoms with E-state index in [1.54, 1.807) is 0 Å². The minimum Gasteiger partial charge on any atom is -0.862 e. The zero-order chi connectivity index (χ0) is 14.8. The maximum absolute atomic E-state index is 10.9. The minimum atomic E-state index is -5.22. The molecule has 1 aliphatic rings. The molecule has 21 heavy (non-hydrogen) atoms. The van der Waals surface area contributed by atoms with Crippen molar-refractivity contribution in [3.05, 3.63) is 0 Å². The second-order valence-corrected chi connectivity index (χ2v) is 5.07. The molecule has 10 nitrogen and oxygen atoms in total. The van der Waals surface area contributed by atoms with Crippen LogP contribution in [-0.4, -0.2) is 63.4 Å². The maximum Gasteiger partial charge on any atom is 1.00 e. The smallest absolute Gasteiger partial charge is 0.862 e. The van der Waals surface area contributed by atoms with Crippen molar-refractivity contribution in [2.75, 3.05) is 6.61 Å². The van der Waals surface area contributed by atoms with Crippen molar-refractivity contribution in [2.24, 2.45) is 4.99 Å². The molecule has 0 spiro atoms. The number of phosphoric acid groups is 1. The third-order valence-corrected chi connectivity index (χ3v) is 2.89. The molecule has 13 heteroatoms. The number of phosphoric ester groups is 1. The number of rotatable bonds is 4. The van der Waals surface area contributed by atoms with Crippen LogP contribution >= 0.6 is 7.82 Å². The zero-order valence-corrected chi connectivity index (χ0v) is 16.7. The van der Waals surface area contributed by atoms with E-state index in [1.165, 1.54) is 0 Å². The van der Waals surface area contributed by atoms with E-state index in [0.717, 1.165) is 6.92 Å². The Morgan fingerprint density at radius 2 is 1.90 bits per heavy atom. The minimum absolute atomic E-state index is 0. The molecule has 112 valence electrons. The SMILES string of the molecule is CC([O-])=N[C@H]1[C@@H](OP(=O)([O-])O)O[C@H](CO)[C@H](O)[C@@H]1O.[Na+].[Na+]. The summed E-state index contributed by atoms with van der Waals surface area (Å²) < 4.78 is 19.7. The van der Waals surface area contributed by atoms with E-state index in [0.29, 0.717) is 0 Å². The molecular weight excluding hydrogens is 331 g/mol. The normalized spacial score (nSPS) is 36.1. The standard InChI is InChI=1S/C8H16NO9P.2Na/c1-3(11)9-5-7(13)6(12)4(2-10)17-8(5)18-19(14,15)16;;/h4-8,10,12-13H,2H2,1H3,(H,9,11)(H2,14,15,16);;/q;2*+1/p-2/t4-,5-,6+,7-,8-;;/m1../s1. The molecule has 1 unspecified atom stereocenters. The molecule has 0 aromatic rings.